The summed E-state index contributed by atoms with van der Waals surface area (Å²) >= 11 is 6.37. The van der Waals surface area contributed by atoms with Gasteiger partial charge in [-0.15, -0.1) is 0 Å². The van der Waals surface area contributed by atoms with E-state index in [2.05, 4.69) is 24.1 Å². The highest BCUT2D eigenvalue weighted by Gasteiger charge is 2.17. The molecule has 2 N–H and O–H groups in total. The third-order valence-electron chi connectivity index (χ3n) is 4.02. The summed E-state index contributed by atoms with van der Waals surface area (Å²) in [6.45, 7) is 7.37. The Bertz CT molecular complexity index is 666. The SMILES string of the molecule is CCCOc1cc(Cl)c2[nH]cc(C(CC)CNC(=O)CC)c2c1. The fourth-order valence-electron chi connectivity index (χ4n) is 2.66. The van der Waals surface area contributed by atoms with Gasteiger partial charge in [-0.25, -0.2) is 0 Å². The molecule has 2 rings (SSSR count). The minimum absolute atomic E-state index is 0.0771. The van der Waals surface area contributed by atoms with Crippen LogP contribution >= 0.6 is 11.6 Å². The first-order valence-electron chi connectivity index (χ1n) is 8.30. The van der Waals surface area contributed by atoms with E-state index in [4.69, 9.17) is 16.3 Å². The van der Waals surface area contributed by atoms with Gasteiger partial charge in [0.1, 0.15) is 5.75 Å². The monoisotopic (exact) mass is 336 g/mol. The van der Waals surface area contributed by atoms with E-state index in [1.54, 1.807) is 0 Å². The summed E-state index contributed by atoms with van der Waals surface area (Å²) < 4.78 is 5.73. The fourth-order valence-corrected chi connectivity index (χ4v) is 2.92. The maximum Gasteiger partial charge on any atom is 0.219 e. The predicted molar refractivity (Wildman–Crippen MR) is 95.4 cm³/mol. The highest BCUT2D eigenvalue weighted by Crippen LogP contribution is 2.34. The van der Waals surface area contributed by atoms with Gasteiger partial charge < -0.3 is 15.0 Å². The van der Waals surface area contributed by atoms with Crippen molar-refractivity contribution in [1.29, 1.82) is 0 Å². The molecule has 23 heavy (non-hydrogen) atoms. The zero-order valence-corrected chi connectivity index (χ0v) is 14.8. The molecule has 1 amide bonds. The first-order chi connectivity index (χ1) is 11.1. The molecule has 0 saturated heterocycles. The number of H-pyrrole nitrogens is 1. The standard InChI is InChI=1S/C18H25ClN2O2/c1-4-7-23-13-8-14-15(11-21-18(14)16(19)9-13)12(5-2)10-20-17(22)6-3/h8-9,11-12,21H,4-7,10H2,1-3H3,(H,20,22). The van der Waals surface area contributed by atoms with Gasteiger partial charge in [-0.2, -0.15) is 0 Å². The minimum Gasteiger partial charge on any atom is -0.494 e. The van der Waals surface area contributed by atoms with Crippen LogP contribution in [0.15, 0.2) is 18.3 Å². The lowest BCUT2D eigenvalue weighted by molar-refractivity contribution is -0.120. The van der Waals surface area contributed by atoms with E-state index in [-0.39, 0.29) is 11.8 Å². The molecule has 0 aliphatic heterocycles. The number of hydrogen-bond donors (Lipinski definition) is 2. The van der Waals surface area contributed by atoms with Gasteiger partial charge in [0, 0.05) is 36.5 Å². The molecule has 1 atom stereocenters. The quantitative estimate of drug-likeness (QED) is 0.738. The maximum absolute atomic E-state index is 11.5. The molecule has 0 aliphatic rings. The lowest BCUT2D eigenvalue weighted by atomic mass is 9.95. The smallest absolute Gasteiger partial charge is 0.219 e. The average molecular weight is 337 g/mol. The Morgan fingerprint density at radius 2 is 2.13 bits per heavy atom. The van der Waals surface area contributed by atoms with Crippen molar-refractivity contribution in [3.8, 4) is 5.75 Å². The molecular formula is C18H25ClN2O2. The zero-order valence-electron chi connectivity index (χ0n) is 14.0. The largest absolute Gasteiger partial charge is 0.494 e. The Balaban J connectivity index is 2.31. The first kappa shape index (κ1) is 17.7. The number of amides is 1. The molecule has 126 valence electrons. The molecule has 0 fully saturated rings. The van der Waals surface area contributed by atoms with Crippen LogP contribution in [0.5, 0.6) is 5.75 Å². The number of hydrogen-bond acceptors (Lipinski definition) is 2. The molecule has 0 radical (unpaired) electrons. The van der Waals surface area contributed by atoms with Crippen LogP contribution in [-0.2, 0) is 4.79 Å². The van der Waals surface area contributed by atoms with Gasteiger partial charge in [0.05, 0.1) is 17.1 Å². The van der Waals surface area contributed by atoms with Crippen LogP contribution in [0.1, 0.15) is 51.5 Å². The van der Waals surface area contributed by atoms with Gasteiger partial charge in [-0.05, 0) is 24.5 Å². The highest BCUT2D eigenvalue weighted by molar-refractivity contribution is 6.35. The van der Waals surface area contributed by atoms with Crippen LogP contribution in [0.25, 0.3) is 10.9 Å². The van der Waals surface area contributed by atoms with E-state index in [0.29, 0.717) is 24.6 Å². The van der Waals surface area contributed by atoms with Crippen LogP contribution in [0, 0.1) is 0 Å². The number of rotatable bonds is 8. The normalized spacial score (nSPS) is 12.3. The number of fused-ring (bicyclic) bond motifs is 1. The summed E-state index contributed by atoms with van der Waals surface area (Å²) in [5, 5.41) is 4.71. The molecule has 0 saturated carbocycles. The van der Waals surface area contributed by atoms with Crippen molar-refractivity contribution in [3.05, 3.63) is 28.9 Å². The van der Waals surface area contributed by atoms with E-state index in [0.717, 1.165) is 29.5 Å². The summed E-state index contributed by atoms with van der Waals surface area (Å²) in [7, 11) is 0. The number of ether oxygens (including phenoxy) is 1. The Morgan fingerprint density at radius 1 is 1.35 bits per heavy atom. The molecule has 5 heteroatoms. The molecule has 0 spiro atoms. The fraction of sp³-hybridized carbons (Fsp3) is 0.500. The number of benzene rings is 1. The average Bonchev–Trinajstić information content (AvgIpc) is 2.98. The predicted octanol–water partition coefficient (Wildman–Crippen LogP) is 4.63. The molecule has 1 aromatic carbocycles. The molecule has 2 aromatic rings. The van der Waals surface area contributed by atoms with Gasteiger partial charge in [0.2, 0.25) is 5.91 Å². The van der Waals surface area contributed by atoms with Gasteiger partial charge in [-0.1, -0.05) is 32.4 Å². The second-order valence-corrected chi connectivity index (χ2v) is 6.09. The summed E-state index contributed by atoms with van der Waals surface area (Å²) in [6.07, 6.45) is 4.39. The number of halogens is 1. The van der Waals surface area contributed by atoms with Crippen LogP contribution in [-0.4, -0.2) is 24.0 Å². The number of carbonyl (C=O) groups excluding carboxylic acids is 1. The van der Waals surface area contributed by atoms with E-state index in [9.17, 15) is 4.79 Å². The second-order valence-electron chi connectivity index (χ2n) is 5.68. The van der Waals surface area contributed by atoms with Crippen LogP contribution in [0.4, 0.5) is 0 Å². The number of nitrogens with one attached hydrogen (secondary N) is 2. The van der Waals surface area contributed by atoms with E-state index in [1.807, 2.05) is 25.3 Å². The van der Waals surface area contributed by atoms with Crippen LogP contribution in [0.2, 0.25) is 5.02 Å². The zero-order chi connectivity index (χ0) is 16.8. The number of carbonyl (C=O) groups is 1. The van der Waals surface area contributed by atoms with Gasteiger partial charge in [-0.3, -0.25) is 4.79 Å². The summed E-state index contributed by atoms with van der Waals surface area (Å²) in [5.41, 5.74) is 2.09. The Morgan fingerprint density at radius 3 is 2.78 bits per heavy atom. The van der Waals surface area contributed by atoms with E-state index in [1.165, 1.54) is 5.56 Å². The molecule has 1 unspecified atom stereocenters. The van der Waals surface area contributed by atoms with Gasteiger partial charge in [0.15, 0.2) is 0 Å². The second kappa shape index (κ2) is 8.25. The summed E-state index contributed by atoms with van der Waals surface area (Å²) in [5.74, 6) is 1.11. The van der Waals surface area contributed by atoms with Gasteiger partial charge >= 0.3 is 0 Å². The van der Waals surface area contributed by atoms with Crippen molar-refractivity contribution < 1.29 is 9.53 Å². The van der Waals surface area contributed by atoms with Crippen molar-refractivity contribution in [2.24, 2.45) is 0 Å². The highest BCUT2D eigenvalue weighted by atomic mass is 35.5. The lowest BCUT2D eigenvalue weighted by Gasteiger charge is -2.15. The minimum atomic E-state index is 0.0771. The third-order valence-corrected chi connectivity index (χ3v) is 4.32. The molecule has 0 bridgehead atoms. The van der Waals surface area contributed by atoms with E-state index >= 15 is 0 Å². The molecule has 1 aromatic heterocycles. The number of aromatic nitrogens is 1. The van der Waals surface area contributed by atoms with Crippen molar-refractivity contribution >= 4 is 28.4 Å². The Kier molecular flexibility index (Phi) is 6.34. The molecule has 1 heterocycles. The maximum atomic E-state index is 11.5. The first-order valence-corrected chi connectivity index (χ1v) is 8.68. The van der Waals surface area contributed by atoms with Gasteiger partial charge in [0.25, 0.3) is 0 Å². The summed E-state index contributed by atoms with van der Waals surface area (Å²) in [6, 6.07) is 3.88. The number of aromatic amines is 1. The lowest BCUT2D eigenvalue weighted by Crippen LogP contribution is -2.27. The molecular weight excluding hydrogens is 312 g/mol. The topological polar surface area (TPSA) is 54.1 Å². The van der Waals surface area contributed by atoms with E-state index < -0.39 is 0 Å². The van der Waals surface area contributed by atoms with Crippen molar-refractivity contribution in [1.82, 2.24) is 10.3 Å². The van der Waals surface area contributed by atoms with Crippen molar-refractivity contribution in [3.63, 3.8) is 0 Å². The molecule has 4 nitrogen and oxygen atoms in total. The Hall–Kier alpha value is -1.68. The molecule has 0 aliphatic carbocycles. The third kappa shape index (κ3) is 4.20. The Labute approximate surface area is 142 Å². The van der Waals surface area contributed by atoms with Crippen LogP contribution in [0.3, 0.4) is 0 Å². The van der Waals surface area contributed by atoms with Crippen molar-refractivity contribution in [2.45, 2.75) is 46.0 Å². The summed E-state index contributed by atoms with van der Waals surface area (Å²) in [4.78, 5) is 14.8. The van der Waals surface area contributed by atoms with Crippen LogP contribution < -0.4 is 10.1 Å². The van der Waals surface area contributed by atoms with Crippen molar-refractivity contribution in [2.75, 3.05) is 13.2 Å².